The third-order valence-corrected chi connectivity index (χ3v) is 5.51. The number of thiophene rings is 1. The maximum Gasteiger partial charge on any atom is 0.247 e. The highest BCUT2D eigenvalue weighted by Crippen LogP contribution is 2.39. The van der Waals surface area contributed by atoms with Gasteiger partial charge in [-0.2, -0.15) is 0 Å². The first-order valence-electron chi connectivity index (χ1n) is 8.08. The van der Waals surface area contributed by atoms with Crippen molar-refractivity contribution in [3.05, 3.63) is 51.2 Å². The van der Waals surface area contributed by atoms with Crippen molar-refractivity contribution in [1.29, 1.82) is 0 Å². The number of likely N-dealkylation sites (tertiary alicyclic amines) is 1. The second-order valence-electron chi connectivity index (χ2n) is 5.77. The monoisotopic (exact) mass is 377 g/mol. The van der Waals surface area contributed by atoms with Gasteiger partial charge in [-0.25, -0.2) is 0 Å². The third kappa shape index (κ3) is 3.99. The molecular weight excluding hydrogens is 358 g/mol. The van der Waals surface area contributed by atoms with Crippen LogP contribution < -0.4 is 9.47 Å². The van der Waals surface area contributed by atoms with Crippen LogP contribution >= 0.6 is 22.9 Å². The molecule has 4 nitrogen and oxygen atoms in total. The average molecular weight is 378 g/mol. The van der Waals surface area contributed by atoms with E-state index in [1.165, 1.54) is 11.3 Å². The van der Waals surface area contributed by atoms with Crippen molar-refractivity contribution in [2.75, 3.05) is 20.8 Å². The standard InChI is InChI=1S/C19H20ClNO3S/c1-23-13-5-8-17(24-2)15(12-13)16-4-3-11-21(16)19(22)10-7-14-6-9-18(20)25-14/h5-10,12,16H,3-4,11H2,1-2H3/b10-7+. The zero-order valence-corrected chi connectivity index (χ0v) is 15.8. The second kappa shape index (κ2) is 7.93. The van der Waals surface area contributed by atoms with E-state index in [4.69, 9.17) is 21.1 Å². The van der Waals surface area contributed by atoms with Crippen LogP contribution in [0, 0.1) is 0 Å². The summed E-state index contributed by atoms with van der Waals surface area (Å²) in [5.41, 5.74) is 0.986. The summed E-state index contributed by atoms with van der Waals surface area (Å²) in [7, 11) is 3.28. The number of hydrogen-bond acceptors (Lipinski definition) is 4. The molecule has 1 aromatic heterocycles. The third-order valence-electron chi connectivity index (χ3n) is 4.32. The molecule has 132 valence electrons. The minimum atomic E-state index is -0.00544. The van der Waals surface area contributed by atoms with Crippen LogP contribution in [-0.4, -0.2) is 31.6 Å². The van der Waals surface area contributed by atoms with Gasteiger partial charge in [-0.3, -0.25) is 4.79 Å². The molecule has 1 aromatic carbocycles. The van der Waals surface area contributed by atoms with E-state index in [2.05, 4.69) is 0 Å². The number of ether oxygens (including phenoxy) is 2. The van der Waals surface area contributed by atoms with Gasteiger partial charge in [0.2, 0.25) is 5.91 Å². The van der Waals surface area contributed by atoms with Crippen molar-refractivity contribution >= 4 is 34.9 Å². The van der Waals surface area contributed by atoms with E-state index in [1.807, 2.05) is 41.3 Å². The van der Waals surface area contributed by atoms with Crippen LogP contribution in [0.25, 0.3) is 6.08 Å². The minimum Gasteiger partial charge on any atom is -0.497 e. The molecule has 0 radical (unpaired) electrons. The van der Waals surface area contributed by atoms with Crippen LogP contribution in [-0.2, 0) is 4.79 Å². The Morgan fingerprint density at radius 3 is 2.80 bits per heavy atom. The predicted octanol–water partition coefficient (Wildman–Crippen LogP) is 4.80. The topological polar surface area (TPSA) is 38.8 Å². The molecule has 25 heavy (non-hydrogen) atoms. The molecule has 1 aliphatic heterocycles. The predicted molar refractivity (Wildman–Crippen MR) is 102 cm³/mol. The van der Waals surface area contributed by atoms with Gasteiger partial charge in [0.05, 0.1) is 24.6 Å². The lowest BCUT2D eigenvalue weighted by molar-refractivity contribution is -0.126. The molecule has 1 saturated heterocycles. The molecule has 0 bridgehead atoms. The van der Waals surface area contributed by atoms with Crippen LogP contribution in [0.2, 0.25) is 4.34 Å². The van der Waals surface area contributed by atoms with Crippen molar-refractivity contribution in [3.8, 4) is 11.5 Å². The van der Waals surface area contributed by atoms with Crippen LogP contribution in [0.1, 0.15) is 29.3 Å². The van der Waals surface area contributed by atoms with Crippen LogP contribution in [0.3, 0.4) is 0 Å². The first-order valence-corrected chi connectivity index (χ1v) is 9.27. The van der Waals surface area contributed by atoms with E-state index in [1.54, 1.807) is 20.3 Å². The number of hydrogen-bond donors (Lipinski definition) is 0. The normalized spacial score (nSPS) is 17.2. The van der Waals surface area contributed by atoms with Gasteiger partial charge in [-0.15, -0.1) is 11.3 Å². The van der Waals surface area contributed by atoms with Gasteiger partial charge < -0.3 is 14.4 Å². The summed E-state index contributed by atoms with van der Waals surface area (Å²) >= 11 is 7.38. The van der Waals surface area contributed by atoms with Crippen molar-refractivity contribution in [2.45, 2.75) is 18.9 Å². The smallest absolute Gasteiger partial charge is 0.247 e. The maximum atomic E-state index is 12.7. The fourth-order valence-electron chi connectivity index (χ4n) is 3.12. The lowest BCUT2D eigenvalue weighted by Gasteiger charge is -2.25. The van der Waals surface area contributed by atoms with Gasteiger partial charge in [0.1, 0.15) is 11.5 Å². The minimum absolute atomic E-state index is 0.00287. The lowest BCUT2D eigenvalue weighted by Crippen LogP contribution is -2.29. The van der Waals surface area contributed by atoms with Crippen molar-refractivity contribution in [1.82, 2.24) is 4.90 Å². The fourth-order valence-corrected chi connectivity index (χ4v) is 4.08. The summed E-state index contributed by atoms with van der Waals surface area (Å²) in [5.74, 6) is 1.54. The number of carbonyl (C=O) groups is 1. The fraction of sp³-hybridized carbons (Fsp3) is 0.316. The summed E-state index contributed by atoms with van der Waals surface area (Å²) in [4.78, 5) is 15.6. The number of rotatable bonds is 5. The van der Waals surface area contributed by atoms with Gasteiger partial charge in [0.15, 0.2) is 0 Å². The second-order valence-corrected chi connectivity index (χ2v) is 7.52. The van der Waals surface area contributed by atoms with Gasteiger partial charge in [0, 0.05) is 23.1 Å². The Morgan fingerprint density at radius 2 is 2.12 bits per heavy atom. The molecule has 1 amide bonds. The average Bonchev–Trinajstić information content (AvgIpc) is 3.28. The van der Waals surface area contributed by atoms with Gasteiger partial charge in [0.25, 0.3) is 0 Å². The molecule has 2 heterocycles. The SMILES string of the molecule is COc1ccc(OC)c(C2CCCN2C(=O)/C=C/c2ccc(Cl)s2)c1. The molecule has 1 fully saturated rings. The summed E-state index contributed by atoms with van der Waals surface area (Å²) in [6.07, 6.45) is 5.31. The first-order chi connectivity index (χ1) is 12.1. The number of carbonyl (C=O) groups excluding carboxylic acids is 1. The summed E-state index contributed by atoms with van der Waals surface area (Å²) < 4.78 is 11.5. The Morgan fingerprint density at radius 1 is 1.28 bits per heavy atom. The summed E-state index contributed by atoms with van der Waals surface area (Å²) in [5, 5.41) is 0. The van der Waals surface area contributed by atoms with Crippen LogP contribution in [0.5, 0.6) is 11.5 Å². The zero-order valence-electron chi connectivity index (χ0n) is 14.2. The van der Waals surface area contributed by atoms with Gasteiger partial charge >= 0.3 is 0 Å². The molecule has 0 N–H and O–H groups in total. The molecule has 3 rings (SSSR count). The number of amides is 1. The summed E-state index contributed by atoms with van der Waals surface area (Å²) in [6.45, 7) is 0.736. The van der Waals surface area contributed by atoms with Crippen LogP contribution in [0.15, 0.2) is 36.4 Å². The quantitative estimate of drug-likeness (QED) is 0.703. The molecule has 1 unspecified atom stereocenters. The molecular formula is C19H20ClNO3S. The number of benzene rings is 1. The number of methoxy groups -OCH3 is 2. The van der Waals surface area contributed by atoms with Crippen molar-refractivity contribution < 1.29 is 14.3 Å². The highest BCUT2D eigenvalue weighted by atomic mass is 35.5. The Balaban J connectivity index is 1.82. The van der Waals surface area contributed by atoms with Crippen LogP contribution in [0.4, 0.5) is 0 Å². The van der Waals surface area contributed by atoms with E-state index in [0.717, 1.165) is 41.3 Å². The van der Waals surface area contributed by atoms with Gasteiger partial charge in [-0.1, -0.05) is 11.6 Å². The van der Waals surface area contributed by atoms with E-state index in [9.17, 15) is 4.79 Å². The Kier molecular flexibility index (Phi) is 5.66. The Hall–Kier alpha value is -1.98. The number of nitrogens with zero attached hydrogens (tertiary/aromatic N) is 1. The van der Waals surface area contributed by atoms with E-state index in [0.29, 0.717) is 4.34 Å². The highest BCUT2D eigenvalue weighted by molar-refractivity contribution is 7.17. The molecule has 0 spiro atoms. The van der Waals surface area contributed by atoms with E-state index in [-0.39, 0.29) is 11.9 Å². The highest BCUT2D eigenvalue weighted by Gasteiger charge is 2.31. The first kappa shape index (κ1) is 17.8. The summed E-state index contributed by atoms with van der Waals surface area (Å²) in [6, 6.07) is 9.44. The molecule has 2 aromatic rings. The maximum absolute atomic E-state index is 12.7. The zero-order chi connectivity index (χ0) is 17.8. The number of halogens is 1. The van der Waals surface area contributed by atoms with E-state index >= 15 is 0 Å². The molecule has 1 atom stereocenters. The molecule has 0 aliphatic carbocycles. The Bertz CT molecular complexity index is 787. The molecule has 1 aliphatic rings. The largest absolute Gasteiger partial charge is 0.497 e. The molecule has 6 heteroatoms. The Labute approximate surface area is 156 Å². The van der Waals surface area contributed by atoms with E-state index < -0.39 is 0 Å². The van der Waals surface area contributed by atoms with Crippen molar-refractivity contribution in [2.24, 2.45) is 0 Å². The lowest BCUT2D eigenvalue weighted by atomic mass is 10.0. The molecule has 0 saturated carbocycles. The van der Waals surface area contributed by atoms with Gasteiger partial charge in [-0.05, 0) is 49.2 Å². The van der Waals surface area contributed by atoms with Crippen molar-refractivity contribution in [3.63, 3.8) is 0 Å².